The van der Waals surface area contributed by atoms with E-state index in [-0.39, 0.29) is 0 Å². The van der Waals surface area contributed by atoms with Crippen molar-refractivity contribution in [3.05, 3.63) is 36.2 Å². The Balaban J connectivity index is 2.06. The van der Waals surface area contributed by atoms with Crippen LogP contribution in [0, 0.1) is 0 Å². The molecule has 1 saturated heterocycles. The Morgan fingerprint density at radius 1 is 1.47 bits per heavy atom. The zero-order valence-corrected chi connectivity index (χ0v) is 12.3. The molecule has 19 heavy (non-hydrogen) atoms. The average molecular weight is 259 g/mol. The fourth-order valence-corrected chi connectivity index (χ4v) is 2.56. The van der Waals surface area contributed by atoms with E-state index in [1.165, 1.54) is 12.8 Å². The number of piperidine rings is 1. The molecule has 1 unspecified atom stereocenters. The van der Waals surface area contributed by atoms with E-state index >= 15 is 0 Å². The summed E-state index contributed by atoms with van der Waals surface area (Å²) in [4.78, 5) is 6.90. The van der Waals surface area contributed by atoms with Gasteiger partial charge >= 0.3 is 0 Å². The van der Waals surface area contributed by atoms with Gasteiger partial charge < -0.3 is 10.2 Å². The molecule has 3 nitrogen and oxygen atoms in total. The smallest absolute Gasteiger partial charge is 0.0429 e. The second-order valence-electron chi connectivity index (χ2n) is 5.65. The molecule has 3 heteroatoms. The first kappa shape index (κ1) is 14.1. The molecule has 0 amide bonds. The molecule has 1 atom stereocenters. The first-order valence-corrected chi connectivity index (χ1v) is 7.19. The molecule has 1 aromatic rings. The summed E-state index contributed by atoms with van der Waals surface area (Å²) in [6.45, 7) is 10.7. The lowest BCUT2D eigenvalue weighted by Gasteiger charge is -2.35. The molecular formula is C16H25N3. The van der Waals surface area contributed by atoms with Gasteiger partial charge in [0.2, 0.25) is 0 Å². The summed E-state index contributed by atoms with van der Waals surface area (Å²) in [5, 5.41) is 3.37. The van der Waals surface area contributed by atoms with Gasteiger partial charge in [-0.05, 0) is 37.9 Å². The van der Waals surface area contributed by atoms with Gasteiger partial charge in [-0.15, -0.1) is 0 Å². The normalized spacial score (nSPS) is 19.8. The Morgan fingerprint density at radius 3 is 2.84 bits per heavy atom. The van der Waals surface area contributed by atoms with Crippen LogP contribution in [0.2, 0.25) is 0 Å². The fourth-order valence-electron chi connectivity index (χ4n) is 2.56. The van der Waals surface area contributed by atoms with E-state index in [2.05, 4.69) is 47.8 Å². The highest BCUT2D eigenvalue weighted by molar-refractivity contribution is 5.61. The molecule has 0 saturated carbocycles. The second kappa shape index (κ2) is 6.20. The largest absolute Gasteiger partial charge is 0.370 e. The van der Waals surface area contributed by atoms with Gasteiger partial charge in [0.15, 0.2) is 0 Å². The summed E-state index contributed by atoms with van der Waals surface area (Å²) in [6.07, 6.45) is 4.44. The summed E-state index contributed by atoms with van der Waals surface area (Å²) in [6, 6.07) is 4.84. The Labute approximate surface area is 116 Å². The highest BCUT2D eigenvalue weighted by Crippen LogP contribution is 2.22. The molecule has 1 fully saturated rings. The van der Waals surface area contributed by atoms with E-state index in [0.29, 0.717) is 12.0 Å². The number of nitrogens with one attached hydrogen (secondary N) is 1. The van der Waals surface area contributed by atoms with Crippen LogP contribution >= 0.6 is 0 Å². The van der Waals surface area contributed by atoms with Crippen molar-refractivity contribution in [2.45, 2.75) is 38.6 Å². The van der Waals surface area contributed by atoms with Crippen molar-refractivity contribution in [3.8, 4) is 0 Å². The van der Waals surface area contributed by atoms with Gasteiger partial charge in [0.05, 0.1) is 0 Å². The summed E-state index contributed by atoms with van der Waals surface area (Å²) in [5.41, 5.74) is 3.38. The Bertz CT molecular complexity index is 422. The lowest BCUT2D eigenvalue weighted by atomic mass is 10.0. The highest BCUT2D eigenvalue weighted by Gasteiger charge is 2.20. The third-order valence-electron chi connectivity index (χ3n) is 3.92. The standard InChI is InChI=1S/C16H25N3/c1-12(2)16-8-7-14(10-18-16)13(3)19-9-5-6-15(11-19)17-4/h7-8,10,12,15,17H,3,5-6,9,11H2,1-2,4H3. The maximum atomic E-state index is 4.53. The number of likely N-dealkylation sites (tertiary alicyclic amines) is 1. The van der Waals surface area contributed by atoms with Crippen molar-refractivity contribution in [1.29, 1.82) is 0 Å². The maximum Gasteiger partial charge on any atom is 0.0429 e. The summed E-state index contributed by atoms with van der Waals surface area (Å²) >= 11 is 0. The fraction of sp³-hybridized carbons (Fsp3) is 0.562. The molecule has 1 N–H and O–H groups in total. The minimum atomic E-state index is 0.478. The zero-order chi connectivity index (χ0) is 13.8. The first-order chi connectivity index (χ1) is 9.11. The molecule has 0 aromatic carbocycles. The van der Waals surface area contributed by atoms with Crippen molar-refractivity contribution < 1.29 is 0 Å². The molecule has 1 aliphatic rings. The van der Waals surface area contributed by atoms with E-state index in [0.717, 1.165) is 30.0 Å². The maximum absolute atomic E-state index is 4.53. The number of aromatic nitrogens is 1. The molecule has 1 aliphatic heterocycles. The zero-order valence-electron chi connectivity index (χ0n) is 12.3. The molecule has 0 radical (unpaired) electrons. The third kappa shape index (κ3) is 3.35. The molecule has 0 aliphatic carbocycles. The van der Waals surface area contributed by atoms with Crippen LogP contribution < -0.4 is 5.32 Å². The molecule has 0 spiro atoms. The average Bonchev–Trinajstić information content (AvgIpc) is 2.46. The Morgan fingerprint density at radius 2 is 2.26 bits per heavy atom. The van der Waals surface area contributed by atoms with Crippen LogP contribution in [0.1, 0.15) is 43.9 Å². The minimum Gasteiger partial charge on any atom is -0.370 e. The topological polar surface area (TPSA) is 28.2 Å². The van der Waals surface area contributed by atoms with Crippen LogP contribution in [0.5, 0.6) is 0 Å². The molecule has 104 valence electrons. The van der Waals surface area contributed by atoms with Gasteiger partial charge in [-0.25, -0.2) is 0 Å². The van der Waals surface area contributed by atoms with Crippen molar-refractivity contribution in [3.63, 3.8) is 0 Å². The summed E-state index contributed by atoms with van der Waals surface area (Å²) < 4.78 is 0. The Hall–Kier alpha value is -1.35. The van der Waals surface area contributed by atoms with Crippen molar-refractivity contribution in [1.82, 2.24) is 15.2 Å². The molecular weight excluding hydrogens is 234 g/mol. The SMILES string of the molecule is C=C(c1ccc(C(C)C)nc1)N1CCCC(NC)C1. The first-order valence-electron chi connectivity index (χ1n) is 7.19. The lowest BCUT2D eigenvalue weighted by molar-refractivity contribution is 0.273. The van der Waals surface area contributed by atoms with Crippen molar-refractivity contribution >= 4 is 5.70 Å². The highest BCUT2D eigenvalue weighted by atomic mass is 15.2. The van der Waals surface area contributed by atoms with Gasteiger partial charge in [-0.3, -0.25) is 4.98 Å². The quantitative estimate of drug-likeness (QED) is 0.901. The summed E-state index contributed by atoms with van der Waals surface area (Å²) in [7, 11) is 2.04. The predicted octanol–water partition coefficient (Wildman–Crippen LogP) is 2.86. The van der Waals surface area contributed by atoms with Gasteiger partial charge in [0, 0.05) is 42.3 Å². The number of hydrogen-bond acceptors (Lipinski definition) is 3. The third-order valence-corrected chi connectivity index (χ3v) is 3.92. The van der Waals surface area contributed by atoms with Crippen LogP contribution in [-0.4, -0.2) is 36.1 Å². The molecule has 0 bridgehead atoms. The van der Waals surface area contributed by atoms with Crippen LogP contribution in [0.25, 0.3) is 5.70 Å². The van der Waals surface area contributed by atoms with E-state index in [1.54, 1.807) is 0 Å². The minimum absolute atomic E-state index is 0.478. The Kier molecular flexibility index (Phi) is 4.59. The van der Waals surface area contributed by atoms with Crippen LogP contribution in [0.3, 0.4) is 0 Å². The van der Waals surface area contributed by atoms with Crippen LogP contribution in [0.4, 0.5) is 0 Å². The number of hydrogen-bond donors (Lipinski definition) is 1. The number of nitrogens with zero attached hydrogens (tertiary/aromatic N) is 2. The number of rotatable bonds is 4. The van der Waals surface area contributed by atoms with Gasteiger partial charge in [-0.1, -0.05) is 20.4 Å². The monoisotopic (exact) mass is 259 g/mol. The lowest BCUT2D eigenvalue weighted by Crippen LogP contribution is -2.43. The van der Waals surface area contributed by atoms with Gasteiger partial charge in [0.25, 0.3) is 0 Å². The van der Waals surface area contributed by atoms with Crippen LogP contribution in [0.15, 0.2) is 24.9 Å². The van der Waals surface area contributed by atoms with E-state index in [4.69, 9.17) is 0 Å². The van der Waals surface area contributed by atoms with Crippen LogP contribution in [-0.2, 0) is 0 Å². The molecule has 2 rings (SSSR count). The van der Waals surface area contributed by atoms with Crippen molar-refractivity contribution in [2.24, 2.45) is 0 Å². The van der Waals surface area contributed by atoms with E-state index < -0.39 is 0 Å². The molecule has 1 aromatic heterocycles. The van der Waals surface area contributed by atoms with E-state index in [9.17, 15) is 0 Å². The summed E-state index contributed by atoms with van der Waals surface area (Å²) in [5.74, 6) is 0.478. The second-order valence-corrected chi connectivity index (χ2v) is 5.65. The van der Waals surface area contributed by atoms with Gasteiger partial charge in [0.1, 0.15) is 0 Å². The predicted molar refractivity (Wildman–Crippen MR) is 81.0 cm³/mol. The van der Waals surface area contributed by atoms with Gasteiger partial charge in [-0.2, -0.15) is 0 Å². The van der Waals surface area contributed by atoms with E-state index in [1.807, 2.05) is 13.2 Å². The number of pyridine rings is 1. The van der Waals surface area contributed by atoms with Crippen molar-refractivity contribution in [2.75, 3.05) is 20.1 Å². The number of likely N-dealkylation sites (N-methyl/N-ethyl adjacent to an activating group) is 1. The molecule has 2 heterocycles.